The number of halogens is 2. The number of aromatic nitrogens is 1. The highest BCUT2D eigenvalue weighted by Crippen LogP contribution is 2.23. The van der Waals surface area contributed by atoms with Crippen molar-refractivity contribution in [2.24, 2.45) is 5.92 Å². The average Bonchev–Trinajstić information content (AvgIpc) is 2.21. The Morgan fingerprint density at radius 2 is 2.27 bits per heavy atom. The van der Waals surface area contributed by atoms with Gasteiger partial charge in [-0.05, 0) is 30.4 Å². The molecule has 1 nitrogen and oxygen atoms in total. The fourth-order valence-electron chi connectivity index (χ4n) is 1.49. The summed E-state index contributed by atoms with van der Waals surface area (Å²) in [6, 6.07) is 1.99. The maximum atomic E-state index is 6.06. The quantitative estimate of drug-likeness (QED) is 0.729. The van der Waals surface area contributed by atoms with E-state index in [0.717, 1.165) is 17.4 Å². The topological polar surface area (TPSA) is 12.9 Å². The van der Waals surface area contributed by atoms with Gasteiger partial charge in [0.05, 0.1) is 5.02 Å². The number of rotatable bonds is 5. The van der Waals surface area contributed by atoms with E-state index >= 15 is 0 Å². The highest BCUT2D eigenvalue weighted by atomic mass is 79.9. The van der Waals surface area contributed by atoms with Crippen LogP contribution in [0.25, 0.3) is 0 Å². The van der Waals surface area contributed by atoms with E-state index in [2.05, 4.69) is 34.8 Å². The zero-order valence-corrected chi connectivity index (χ0v) is 11.6. The summed E-state index contributed by atoms with van der Waals surface area (Å²) >= 11 is 9.77. The monoisotopic (exact) mass is 289 g/mol. The Kier molecular flexibility index (Phi) is 5.62. The molecule has 2 unspecified atom stereocenters. The van der Waals surface area contributed by atoms with E-state index < -0.39 is 0 Å². The molecular formula is C12H17BrClN. The maximum absolute atomic E-state index is 6.06. The fraction of sp³-hybridized carbons (Fsp3) is 0.583. The Morgan fingerprint density at radius 1 is 1.53 bits per heavy atom. The summed E-state index contributed by atoms with van der Waals surface area (Å²) < 4.78 is 0. The summed E-state index contributed by atoms with van der Waals surface area (Å²) in [6.07, 6.45) is 6.90. The van der Waals surface area contributed by atoms with Gasteiger partial charge in [0.15, 0.2) is 0 Å². The molecule has 3 heteroatoms. The number of alkyl halides is 1. The van der Waals surface area contributed by atoms with Crippen LogP contribution in [0.4, 0.5) is 0 Å². The molecule has 84 valence electrons. The van der Waals surface area contributed by atoms with Crippen LogP contribution in [0.15, 0.2) is 18.5 Å². The first-order chi connectivity index (χ1) is 7.13. The minimum absolute atomic E-state index is 0.507. The van der Waals surface area contributed by atoms with Gasteiger partial charge in [-0.2, -0.15) is 0 Å². The molecule has 0 aliphatic rings. The maximum Gasteiger partial charge on any atom is 0.0621 e. The van der Waals surface area contributed by atoms with E-state index in [-0.39, 0.29) is 0 Å². The van der Waals surface area contributed by atoms with Crippen LogP contribution in [0.5, 0.6) is 0 Å². The molecule has 0 aliphatic heterocycles. The molecule has 0 N–H and O–H groups in total. The first-order valence-corrected chi connectivity index (χ1v) is 6.65. The van der Waals surface area contributed by atoms with Gasteiger partial charge < -0.3 is 0 Å². The molecule has 1 rings (SSSR count). The highest BCUT2D eigenvalue weighted by molar-refractivity contribution is 9.09. The van der Waals surface area contributed by atoms with Crippen molar-refractivity contribution < 1.29 is 0 Å². The van der Waals surface area contributed by atoms with E-state index in [1.807, 2.05) is 6.07 Å². The summed E-state index contributed by atoms with van der Waals surface area (Å²) in [7, 11) is 0. The summed E-state index contributed by atoms with van der Waals surface area (Å²) in [5, 5.41) is 0.770. The Morgan fingerprint density at radius 3 is 2.87 bits per heavy atom. The van der Waals surface area contributed by atoms with Crippen molar-refractivity contribution in [1.29, 1.82) is 0 Å². The van der Waals surface area contributed by atoms with Crippen LogP contribution >= 0.6 is 27.5 Å². The second-order valence-electron chi connectivity index (χ2n) is 4.02. The minimum atomic E-state index is 0.507. The molecule has 0 amide bonds. The van der Waals surface area contributed by atoms with Gasteiger partial charge in [-0.15, -0.1) is 0 Å². The van der Waals surface area contributed by atoms with Crippen molar-refractivity contribution in [2.75, 3.05) is 0 Å². The van der Waals surface area contributed by atoms with Crippen LogP contribution in [-0.2, 0) is 6.42 Å². The van der Waals surface area contributed by atoms with E-state index in [1.165, 1.54) is 18.4 Å². The lowest BCUT2D eigenvalue weighted by Gasteiger charge is -2.14. The third-order valence-corrected chi connectivity index (χ3v) is 3.69. The van der Waals surface area contributed by atoms with Gasteiger partial charge in [-0.25, -0.2) is 0 Å². The molecule has 1 heterocycles. The van der Waals surface area contributed by atoms with Crippen molar-refractivity contribution in [3.63, 3.8) is 0 Å². The fourth-order valence-corrected chi connectivity index (χ4v) is 2.68. The van der Waals surface area contributed by atoms with E-state index in [0.29, 0.717) is 4.83 Å². The Bertz CT molecular complexity index is 303. The summed E-state index contributed by atoms with van der Waals surface area (Å²) in [6.45, 7) is 4.51. The van der Waals surface area contributed by atoms with Gasteiger partial charge in [0.1, 0.15) is 0 Å². The SMILES string of the molecule is CCC(C)CC(Br)Cc1ccncc1Cl. The van der Waals surface area contributed by atoms with Crippen LogP contribution in [0.1, 0.15) is 32.3 Å². The molecule has 0 saturated heterocycles. The lowest BCUT2D eigenvalue weighted by atomic mass is 9.99. The first-order valence-electron chi connectivity index (χ1n) is 5.36. The van der Waals surface area contributed by atoms with Crippen LogP contribution in [0.2, 0.25) is 5.02 Å². The van der Waals surface area contributed by atoms with Crippen molar-refractivity contribution in [3.05, 3.63) is 29.0 Å². The predicted octanol–water partition coefficient (Wildman–Crippen LogP) is 4.48. The second-order valence-corrected chi connectivity index (χ2v) is 5.72. The van der Waals surface area contributed by atoms with Crippen molar-refractivity contribution in [2.45, 2.75) is 37.9 Å². The van der Waals surface area contributed by atoms with Crippen LogP contribution < -0.4 is 0 Å². The van der Waals surface area contributed by atoms with E-state index in [1.54, 1.807) is 12.4 Å². The van der Waals surface area contributed by atoms with Crippen LogP contribution in [-0.4, -0.2) is 9.81 Å². The lowest BCUT2D eigenvalue weighted by Crippen LogP contribution is -2.08. The first kappa shape index (κ1) is 13.0. The molecule has 1 aromatic rings. The molecule has 0 fully saturated rings. The van der Waals surface area contributed by atoms with Gasteiger partial charge in [0, 0.05) is 17.2 Å². The highest BCUT2D eigenvalue weighted by Gasteiger charge is 2.11. The Hall–Kier alpha value is -0.0800. The number of pyridine rings is 1. The summed E-state index contributed by atoms with van der Waals surface area (Å²) in [5.41, 5.74) is 1.18. The van der Waals surface area contributed by atoms with Gasteiger partial charge in [-0.3, -0.25) is 4.98 Å². The van der Waals surface area contributed by atoms with Gasteiger partial charge in [0.25, 0.3) is 0 Å². The zero-order chi connectivity index (χ0) is 11.3. The smallest absolute Gasteiger partial charge is 0.0621 e. The van der Waals surface area contributed by atoms with Crippen LogP contribution in [0, 0.1) is 5.92 Å². The third kappa shape index (κ3) is 4.52. The van der Waals surface area contributed by atoms with Gasteiger partial charge in [0.2, 0.25) is 0 Å². The van der Waals surface area contributed by atoms with E-state index in [9.17, 15) is 0 Å². The average molecular weight is 291 g/mol. The van der Waals surface area contributed by atoms with Gasteiger partial charge >= 0.3 is 0 Å². The second kappa shape index (κ2) is 6.49. The van der Waals surface area contributed by atoms with Crippen molar-refractivity contribution >= 4 is 27.5 Å². The molecule has 0 aliphatic carbocycles. The van der Waals surface area contributed by atoms with E-state index in [4.69, 9.17) is 11.6 Å². The molecule has 1 aromatic heterocycles. The standard InChI is InChI=1S/C12H17BrClN/c1-3-9(2)6-11(13)7-10-4-5-15-8-12(10)14/h4-5,8-9,11H,3,6-7H2,1-2H3. The van der Waals surface area contributed by atoms with Crippen molar-refractivity contribution in [3.8, 4) is 0 Å². The minimum Gasteiger partial charge on any atom is -0.263 e. The number of nitrogens with zero attached hydrogens (tertiary/aromatic N) is 1. The Labute approximate surface area is 105 Å². The zero-order valence-electron chi connectivity index (χ0n) is 9.21. The predicted molar refractivity (Wildman–Crippen MR) is 69.7 cm³/mol. The molecule has 0 saturated carbocycles. The molecule has 2 atom stereocenters. The molecule has 0 bridgehead atoms. The molecule has 0 radical (unpaired) electrons. The molecule has 15 heavy (non-hydrogen) atoms. The number of hydrogen-bond acceptors (Lipinski definition) is 1. The molecule has 0 aromatic carbocycles. The van der Waals surface area contributed by atoms with Gasteiger partial charge in [-0.1, -0.05) is 47.8 Å². The number of hydrogen-bond donors (Lipinski definition) is 0. The largest absolute Gasteiger partial charge is 0.263 e. The summed E-state index contributed by atoms with van der Waals surface area (Å²) in [5.74, 6) is 0.759. The normalized spacial score (nSPS) is 14.9. The third-order valence-electron chi connectivity index (χ3n) is 2.65. The molecular weight excluding hydrogens is 273 g/mol. The summed E-state index contributed by atoms with van der Waals surface area (Å²) in [4.78, 5) is 4.49. The lowest BCUT2D eigenvalue weighted by molar-refractivity contribution is 0.507. The van der Waals surface area contributed by atoms with Crippen LogP contribution in [0.3, 0.4) is 0 Å². The molecule has 0 spiro atoms. The van der Waals surface area contributed by atoms with Crippen molar-refractivity contribution in [1.82, 2.24) is 4.98 Å². The Balaban J connectivity index is 2.51.